The lowest BCUT2D eigenvalue weighted by molar-refractivity contribution is -0.119. The number of nitrogens with zero attached hydrogens (tertiary/aromatic N) is 1. The van der Waals surface area contributed by atoms with Gasteiger partial charge in [0.15, 0.2) is 0 Å². The summed E-state index contributed by atoms with van der Waals surface area (Å²) in [5.41, 5.74) is 3.98. The van der Waals surface area contributed by atoms with Crippen LogP contribution >= 0.6 is 0 Å². The highest BCUT2D eigenvalue weighted by Gasteiger charge is 2.21. The Balaban J connectivity index is 2.04. The maximum Gasteiger partial charge on any atom is 0.217 e. The van der Waals surface area contributed by atoms with Gasteiger partial charge in [-0.3, -0.25) is 4.79 Å². The van der Waals surface area contributed by atoms with Crippen molar-refractivity contribution in [3.63, 3.8) is 0 Å². The number of benzene rings is 1. The summed E-state index contributed by atoms with van der Waals surface area (Å²) < 4.78 is 0. The molecule has 1 aliphatic rings. The van der Waals surface area contributed by atoms with Gasteiger partial charge >= 0.3 is 0 Å². The zero-order chi connectivity index (χ0) is 14.5. The number of anilines is 1. The Morgan fingerprint density at radius 3 is 2.65 bits per heavy atom. The quantitative estimate of drug-likeness (QED) is 0.881. The lowest BCUT2D eigenvalue weighted by Gasteiger charge is -2.35. The fraction of sp³-hybridized carbons (Fsp3) is 0.562. The predicted octanol–water partition coefficient (Wildman–Crippen LogP) is 1.82. The van der Waals surface area contributed by atoms with E-state index < -0.39 is 0 Å². The lowest BCUT2D eigenvalue weighted by Crippen LogP contribution is -2.44. The van der Waals surface area contributed by atoms with Crippen molar-refractivity contribution in [3.05, 3.63) is 29.3 Å². The van der Waals surface area contributed by atoms with Gasteiger partial charge < -0.3 is 15.5 Å². The third-order valence-corrected chi connectivity index (χ3v) is 3.85. The molecule has 0 aromatic heterocycles. The summed E-state index contributed by atoms with van der Waals surface area (Å²) in [6.45, 7) is 6.63. The van der Waals surface area contributed by atoms with Crippen molar-refractivity contribution in [2.75, 3.05) is 25.0 Å². The van der Waals surface area contributed by atoms with Crippen molar-refractivity contribution in [2.24, 2.45) is 0 Å². The first-order chi connectivity index (χ1) is 9.60. The number of hydrogen-bond acceptors (Lipinski definition) is 3. The molecule has 0 aliphatic carbocycles. The predicted molar refractivity (Wildman–Crippen MR) is 83.0 cm³/mol. The first-order valence-corrected chi connectivity index (χ1v) is 7.36. The van der Waals surface area contributed by atoms with Crippen molar-refractivity contribution < 1.29 is 4.79 Å². The maximum absolute atomic E-state index is 11.1. The molecule has 110 valence electrons. The van der Waals surface area contributed by atoms with Crippen LogP contribution in [0.4, 0.5) is 5.69 Å². The fourth-order valence-corrected chi connectivity index (χ4v) is 2.91. The second-order valence-electron chi connectivity index (χ2n) is 5.62. The Hall–Kier alpha value is -1.55. The van der Waals surface area contributed by atoms with Crippen molar-refractivity contribution in [1.29, 1.82) is 0 Å². The Bertz CT molecular complexity index is 465. The molecule has 4 heteroatoms. The molecule has 0 saturated carbocycles. The summed E-state index contributed by atoms with van der Waals surface area (Å²) in [7, 11) is 1.98. The largest absolute Gasteiger partial charge is 0.371 e. The number of nitrogens with one attached hydrogen (secondary N) is 2. The van der Waals surface area contributed by atoms with Crippen molar-refractivity contribution in [2.45, 2.75) is 39.3 Å². The standard InChI is InChI=1S/C16H25N3O/c1-12-4-5-16(14(10-12)11-17-3)19-8-6-15(7-9-19)18-13(2)20/h4-5,10,15,17H,6-9,11H2,1-3H3,(H,18,20). The summed E-state index contributed by atoms with van der Waals surface area (Å²) in [5.74, 6) is 0.0784. The fourth-order valence-electron chi connectivity index (χ4n) is 2.91. The molecule has 1 fully saturated rings. The number of carbonyl (C=O) groups is 1. The van der Waals surface area contributed by atoms with Crippen LogP contribution in [0.15, 0.2) is 18.2 Å². The molecule has 0 bridgehead atoms. The van der Waals surface area contributed by atoms with Gasteiger partial charge in [0, 0.05) is 38.3 Å². The van der Waals surface area contributed by atoms with E-state index in [0.29, 0.717) is 6.04 Å². The zero-order valence-electron chi connectivity index (χ0n) is 12.7. The molecule has 4 nitrogen and oxygen atoms in total. The number of aryl methyl sites for hydroxylation is 1. The smallest absolute Gasteiger partial charge is 0.217 e. The molecule has 2 N–H and O–H groups in total. The van der Waals surface area contributed by atoms with E-state index in [-0.39, 0.29) is 5.91 Å². The van der Waals surface area contributed by atoms with Crippen LogP contribution in [0, 0.1) is 6.92 Å². The summed E-state index contributed by atoms with van der Waals surface area (Å²) in [4.78, 5) is 13.5. The van der Waals surface area contributed by atoms with E-state index in [2.05, 4.69) is 40.7 Å². The van der Waals surface area contributed by atoms with Crippen LogP contribution < -0.4 is 15.5 Å². The van der Waals surface area contributed by atoms with Crippen LogP contribution in [0.2, 0.25) is 0 Å². The molecule has 1 heterocycles. The third kappa shape index (κ3) is 3.73. The third-order valence-electron chi connectivity index (χ3n) is 3.85. The van der Waals surface area contributed by atoms with Gasteiger partial charge in [-0.15, -0.1) is 0 Å². The van der Waals surface area contributed by atoms with Crippen LogP contribution in [0.1, 0.15) is 30.9 Å². The molecule has 1 saturated heterocycles. The van der Waals surface area contributed by atoms with E-state index >= 15 is 0 Å². The van der Waals surface area contributed by atoms with Gasteiger partial charge in [0.1, 0.15) is 0 Å². The van der Waals surface area contributed by atoms with Gasteiger partial charge in [-0.25, -0.2) is 0 Å². The highest BCUT2D eigenvalue weighted by atomic mass is 16.1. The molecule has 20 heavy (non-hydrogen) atoms. The van der Waals surface area contributed by atoms with Crippen molar-refractivity contribution in [3.8, 4) is 0 Å². The lowest BCUT2D eigenvalue weighted by atomic mass is 10.0. The van der Waals surface area contributed by atoms with E-state index in [1.165, 1.54) is 16.8 Å². The second kappa shape index (κ2) is 6.75. The average molecular weight is 275 g/mol. The molecule has 0 spiro atoms. The van der Waals surface area contributed by atoms with Crippen molar-refractivity contribution in [1.82, 2.24) is 10.6 Å². The Labute approximate surface area is 121 Å². The second-order valence-corrected chi connectivity index (χ2v) is 5.62. The first-order valence-electron chi connectivity index (χ1n) is 7.36. The summed E-state index contributed by atoms with van der Waals surface area (Å²) in [6, 6.07) is 6.99. The van der Waals surface area contributed by atoms with E-state index in [9.17, 15) is 4.79 Å². The summed E-state index contributed by atoms with van der Waals surface area (Å²) >= 11 is 0. The minimum Gasteiger partial charge on any atom is -0.371 e. The van der Waals surface area contributed by atoms with Crippen LogP contribution in [-0.4, -0.2) is 32.1 Å². The van der Waals surface area contributed by atoms with Crippen LogP contribution in [0.5, 0.6) is 0 Å². The Morgan fingerprint density at radius 2 is 2.05 bits per heavy atom. The number of rotatable bonds is 4. The first kappa shape index (κ1) is 14.9. The highest BCUT2D eigenvalue weighted by Crippen LogP contribution is 2.25. The highest BCUT2D eigenvalue weighted by molar-refractivity contribution is 5.73. The monoisotopic (exact) mass is 275 g/mol. The number of hydrogen-bond donors (Lipinski definition) is 2. The van der Waals surface area contributed by atoms with Gasteiger partial charge in [0.25, 0.3) is 0 Å². The van der Waals surface area contributed by atoms with Gasteiger partial charge in [-0.2, -0.15) is 0 Å². The van der Waals surface area contributed by atoms with E-state index in [1.807, 2.05) is 7.05 Å². The molecule has 1 aromatic rings. The van der Waals surface area contributed by atoms with Crippen molar-refractivity contribution >= 4 is 11.6 Å². The molecule has 1 amide bonds. The minimum absolute atomic E-state index is 0.0784. The van der Waals surface area contributed by atoms with Crippen LogP contribution in [0.25, 0.3) is 0 Å². The van der Waals surface area contributed by atoms with E-state index in [0.717, 1.165) is 32.5 Å². The van der Waals surface area contributed by atoms with E-state index in [4.69, 9.17) is 0 Å². The Morgan fingerprint density at radius 1 is 1.35 bits per heavy atom. The topological polar surface area (TPSA) is 44.4 Å². The average Bonchev–Trinajstić information content (AvgIpc) is 2.40. The Kier molecular flexibility index (Phi) is 5.01. The van der Waals surface area contributed by atoms with Gasteiger partial charge in [-0.05, 0) is 38.4 Å². The molecule has 1 aliphatic heterocycles. The van der Waals surface area contributed by atoms with Crippen LogP contribution in [0.3, 0.4) is 0 Å². The minimum atomic E-state index is 0.0784. The van der Waals surface area contributed by atoms with E-state index in [1.54, 1.807) is 6.92 Å². The normalized spacial score (nSPS) is 16.2. The van der Waals surface area contributed by atoms with Gasteiger partial charge in [0.05, 0.1) is 0 Å². The molecule has 2 rings (SSSR count). The molecule has 0 atom stereocenters. The van der Waals surface area contributed by atoms with Gasteiger partial charge in [0.2, 0.25) is 5.91 Å². The molecule has 0 unspecified atom stereocenters. The summed E-state index contributed by atoms with van der Waals surface area (Å²) in [6.07, 6.45) is 2.04. The summed E-state index contributed by atoms with van der Waals surface area (Å²) in [5, 5.41) is 6.27. The van der Waals surface area contributed by atoms with Gasteiger partial charge in [-0.1, -0.05) is 17.7 Å². The number of amides is 1. The molecular formula is C16H25N3O. The SMILES string of the molecule is CNCc1cc(C)ccc1N1CCC(NC(C)=O)CC1. The number of carbonyl (C=O) groups excluding carboxylic acids is 1. The maximum atomic E-state index is 11.1. The molecule has 0 radical (unpaired) electrons. The van der Waals surface area contributed by atoms with Crippen LogP contribution in [-0.2, 0) is 11.3 Å². The molecule has 1 aromatic carbocycles. The molecular weight excluding hydrogens is 250 g/mol. The zero-order valence-corrected chi connectivity index (χ0v) is 12.7. The number of piperidine rings is 1.